The first-order valence-electron chi connectivity index (χ1n) is 44.4. The number of nitrogens with one attached hydrogen (secondary N) is 6. The normalized spacial score (nSPS) is 18.6. The monoisotopic (exact) mass is 2150 g/mol. The molecule has 137 heavy (non-hydrogen) atoms. The summed E-state index contributed by atoms with van der Waals surface area (Å²) in [6, 6.07) is 0. The molecule has 24 heterocycles. The number of thioether (sulfide) groups is 2. The molecule has 0 spiro atoms. The van der Waals surface area contributed by atoms with Gasteiger partial charge in [0.05, 0.1) is 144 Å². The predicted octanol–water partition coefficient (Wildman–Crippen LogP) is 9.03. The maximum Gasteiger partial charge on any atom is 0.187 e. The number of anilines is 6. The number of ether oxygens (including phenoxy) is 1. The minimum Gasteiger partial charge on any atom is -0.383 e. The van der Waals surface area contributed by atoms with Crippen LogP contribution in [0.2, 0.25) is 0 Å². The van der Waals surface area contributed by atoms with Crippen molar-refractivity contribution in [2.45, 2.75) is 66.5 Å². The number of piperidine rings is 2. The lowest BCUT2D eigenvalue weighted by atomic mass is 9.95. The minimum atomic E-state index is -0.466. The van der Waals surface area contributed by atoms with Crippen LogP contribution in [0.3, 0.4) is 0 Å². The van der Waals surface area contributed by atoms with E-state index in [2.05, 4.69) is 167 Å². The molecule has 51 heteroatoms. The van der Waals surface area contributed by atoms with E-state index < -0.39 is 11.6 Å². The fourth-order valence-electron chi connectivity index (χ4n) is 17.4. The number of nitrogens with two attached hydrogens (primary N) is 6. The van der Waals surface area contributed by atoms with E-state index in [4.69, 9.17) is 59.1 Å². The zero-order valence-electron chi connectivity index (χ0n) is 75.4. The Morgan fingerprint density at radius 3 is 0.854 bits per heavy atom. The van der Waals surface area contributed by atoms with E-state index in [-0.39, 0.29) is 40.1 Å². The Kier molecular flexibility index (Phi) is 27.8. The average Bonchev–Trinajstić information content (AvgIpc) is 1.68. The molecule has 6 atom stereocenters. The lowest BCUT2D eigenvalue weighted by Gasteiger charge is -2.24. The molecule has 0 bridgehead atoms. The molecule has 0 aromatic carbocycles. The van der Waals surface area contributed by atoms with Crippen LogP contribution in [0.5, 0.6) is 0 Å². The smallest absolute Gasteiger partial charge is 0.187 e. The van der Waals surface area contributed by atoms with Gasteiger partial charge in [-0.2, -0.15) is 88.3 Å². The molecule has 24 rings (SSSR count). The quantitative estimate of drug-likeness (QED) is 0.0542. The summed E-state index contributed by atoms with van der Waals surface area (Å²) in [7, 11) is 11.2. The number of aryl methyl sites for hydroxylation is 6. The van der Waals surface area contributed by atoms with Crippen LogP contribution in [-0.2, 0) is 47.0 Å². The van der Waals surface area contributed by atoms with Crippen molar-refractivity contribution in [3.05, 3.63) is 175 Å². The molecule has 18 aromatic heterocycles. The van der Waals surface area contributed by atoms with Crippen molar-refractivity contribution in [2.24, 2.45) is 42.3 Å². The summed E-state index contributed by atoms with van der Waals surface area (Å²) in [5.41, 5.74) is 56.7. The van der Waals surface area contributed by atoms with Gasteiger partial charge < -0.3 is 71.0 Å². The van der Waals surface area contributed by atoms with E-state index in [9.17, 15) is 8.78 Å². The second kappa shape index (κ2) is 40.6. The molecule has 0 aliphatic carbocycles. The number of hydrogen-bond donors (Lipinski definition) is 12. The van der Waals surface area contributed by atoms with Crippen LogP contribution >= 0.6 is 87.2 Å². The van der Waals surface area contributed by atoms with Gasteiger partial charge in [0, 0.05) is 234 Å². The van der Waals surface area contributed by atoms with Gasteiger partial charge in [-0.1, -0.05) is 0 Å². The van der Waals surface area contributed by atoms with Gasteiger partial charge in [-0.25, -0.2) is 38.7 Å². The molecule has 714 valence electrons. The van der Waals surface area contributed by atoms with Crippen LogP contribution in [0.1, 0.15) is 101 Å². The molecule has 18 N–H and O–H groups in total. The second-order valence-electron chi connectivity index (χ2n) is 33.8. The number of hydrogen-bond acceptors (Lipinski definition) is 33. The molecule has 6 unspecified atom stereocenters. The Labute approximate surface area is 823 Å². The average molecular weight is 2160 g/mol. The van der Waals surface area contributed by atoms with Crippen molar-refractivity contribution >= 4 is 156 Å². The Morgan fingerprint density at radius 2 is 0.577 bits per heavy atom. The Morgan fingerprint density at radius 1 is 0.307 bits per heavy atom. The van der Waals surface area contributed by atoms with Gasteiger partial charge in [0.15, 0.2) is 57.2 Å². The van der Waals surface area contributed by atoms with Crippen LogP contribution in [0.25, 0.3) is 101 Å². The Balaban J connectivity index is 0.000000105. The predicted molar refractivity (Wildman–Crippen MR) is 536 cm³/mol. The van der Waals surface area contributed by atoms with Crippen molar-refractivity contribution in [1.29, 1.82) is 0 Å². The highest BCUT2D eigenvalue weighted by atomic mass is 79.9. The van der Waals surface area contributed by atoms with E-state index in [0.29, 0.717) is 70.7 Å². The van der Waals surface area contributed by atoms with Crippen LogP contribution in [-0.4, -0.2) is 243 Å². The first-order valence-corrected chi connectivity index (χ1v) is 49.7. The largest absolute Gasteiger partial charge is 0.383 e. The zero-order chi connectivity index (χ0) is 95.1. The highest BCUT2D eigenvalue weighted by molar-refractivity contribution is 9.11. The number of aromatic nitrogens is 30. The van der Waals surface area contributed by atoms with E-state index >= 15 is 0 Å². The zero-order valence-corrected chi connectivity index (χ0v) is 83.3. The second-order valence-corrected chi connectivity index (χ2v) is 39.6. The number of nitrogens with zero attached hydrogens (tertiary/aromatic N) is 30. The van der Waals surface area contributed by atoms with Crippen LogP contribution in [0.15, 0.2) is 129 Å². The molecule has 0 radical (unpaired) electrons. The van der Waals surface area contributed by atoms with Crippen LogP contribution < -0.4 is 66.3 Å². The highest BCUT2D eigenvalue weighted by Gasteiger charge is 2.33. The molecule has 6 aliphatic rings. The van der Waals surface area contributed by atoms with Crippen molar-refractivity contribution in [2.75, 3.05) is 131 Å². The van der Waals surface area contributed by atoms with Crippen molar-refractivity contribution in [1.82, 2.24) is 178 Å². The minimum absolute atomic E-state index is 0.00529. The Hall–Kier alpha value is -12.0. The van der Waals surface area contributed by atoms with E-state index in [1.807, 2.05) is 122 Å². The summed E-state index contributed by atoms with van der Waals surface area (Å²) in [6.45, 7) is 11.4. The van der Waals surface area contributed by atoms with Crippen LogP contribution in [0.4, 0.5) is 43.7 Å². The molecule has 6 fully saturated rings. The third-order valence-electron chi connectivity index (χ3n) is 24.5. The number of nitrogen functional groups attached to an aromatic ring is 6. The van der Waals surface area contributed by atoms with Gasteiger partial charge in [-0.3, -0.25) is 28.1 Å². The lowest BCUT2D eigenvalue weighted by molar-refractivity contribution is 0.0247. The van der Waals surface area contributed by atoms with Gasteiger partial charge in [0.1, 0.15) is 29.4 Å². The van der Waals surface area contributed by atoms with Crippen molar-refractivity contribution < 1.29 is 13.5 Å². The van der Waals surface area contributed by atoms with E-state index in [1.165, 1.54) is 9.03 Å². The molecule has 6 aliphatic heterocycles. The SMILES string of the molecule is Cn1cc(-c2cnn3c(N)c(Br)c(C4CCNC4)nc23)cn1.Cn1cc(-c2cnn3c(N)c(Br)c(C4CNCCO4)nc23)cn1.Cn1cc(-c2cnn3c(N)c(Br)c(C4CNCCS4)nc23)cn1.Cn1cc(-c2cnn3c(N)c(Br)c(C4CNCCS4)nc23)cn1.Cn1cc(-c2cnn3c(N)c(F)c(C4CCCNC4)nc23)cn1.Cn1cc(-c2cnn3c(N)c(F)c(C4CCCNC4)nc23)cn1. The van der Waals surface area contributed by atoms with Crippen molar-refractivity contribution in [3.63, 3.8) is 0 Å². The van der Waals surface area contributed by atoms with Gasteiger partial charge in [0.25, 0.3) is 0 Å². The first-order chi connectivity index (χ1) is 66.4. The molecular formula is C86H100Br4F2N42OS2. The topological polar surface area (TPSA) is 526 Å². The molecule has 43 nitrogen and oxygen atoms in total. The molecule has 18 aromatic rings. The number of halogens is 6. The highest BCUT2D eigenvalue weighted by Crippen LogP contribution is 2.43. The summed E-state index contributed by atoms with van der Waals surface area (Å²) in [4.78, 5) is 28.5. The summed E-state index contributed by atoms with van der Waals surface area (Å²) in [5.74, 6) is 3.90. The van der Waals surface area contributed by atoms with Crippen LogP contribution in [0, 0.1) is 11.6 Å². The van der Waals surface area contributed by atoms with Gasteiger partial charge >= 0.3 is 0 Å². The number of morpholine rings is 1. The lowest BCUT2D eigenvalue weighted by Crippen LogP contribution is -2.34. The molecular weight excluding hydrogens is 2060 g/mol. The summed E-state index contributed by atoms with van der Waals surface area (Å²) in [5, 5.41) is 71.8. The van der Waals surface area contributed by atoms with Gasteiger partial charge in [-0.15, -0.1) is 23.5 Å². The summed E-state index contributed by atoms with van der Waals surface area (Å²) >= 11 is 18.1. The number of fused-ring (bicyclic) bond motifs is 6. The third-order valence-corrected chi connectivity index (χ3v) is 30.2. The Bertz CT molecular complexity index is 6570. The number of rotatable bonds is 12. The molecule has 6 saturated heterocycles. The van der Waals surface area contributed by atoms with E-state index in [0.717, 1.165) is 240 Å². The fraction of sp³-hybridized carbons (Fsp3) is 0.372. The summed E-state index contributed by atoms with van der Waals surface area (Å²) < 4.78 is 58.2. The van der Waals surface area contributed by atoms with Crippen molar-refractivity contribution in [3.8, 4) is 66.8 Å². The first kappa shape index (κ1) is 94.0. The molecule has 0 saturated carbocycles. The third kappa shape index (κ3) is 19.1. The van der Waals surface area contributed by atoms with Gasteiger partial charge in [-0.05, 0) is 115 Å². The maximum absolute atomic E-state index is 14.6. The maximum atomic E-state index is 14.6. The molecule has 0 amide bonds. The summed E-state index contributed by atoms with van der Waals surface area (Å²) in [6.07, 6.45) is 37.4. The standard InChI is InChI=1S/2C15H18FN7.C14H16BrN7O.2C14H16BrN7S.C14H16BrN7/c2*1-22-8-10(6-19-22)11-7-20-23-14(17)12(16)13(21-15(11)23)9-3-2-4-18-5-9;3*1-21-7-8(4-18-21)9-5-19-22-13(16)11(15)12(20-14(9)22)10-6-17-2-3-23-10;1-21-7-9(5-18-21)10-6-19-22-13(16)11(15)12(20-14(10)22)8-2-3-17-4-8/h2*6-9,18H,2-5,17H2,1H3;3*4-5,7,10,17H,2-3,6,16H2,1H3;5-8,17H,2-4,16H2,1H3. The fourth-order valence-corrected chi connectivity index (χ4v) is 22.1. The van der Waals surface area contributed by atoms with E-state index in [1.54, 1.807) is 102 Å². The van der Waals surface area contributed by atoms with Gasteiger partial charge in [0.2, 0.25) is 0 Å².